The molecule has 0 rings (SSSR count). The van der Waals surface area contributed by atoms with Crippen LogP contribution in [-0.4, -0.2) is 80.6 Å². The van der Waals surface area contributed by atoms with Gasteiger partial charge in [-0.2, -0.15) is 0 Å². The van der Waals surface area contributed by atoms with E-state index in [4.69, 9.17) is 14.2 Å². The Balaban J connectivity index is 4.21. The molecule has 8 nitrogen and oxygen atoms in total. The summed E-state index contributed by atoms with van der Waals surface area (Å²) in [6.45, 7) is 4.52. The van der Waals surface area contributed by atoms with E-state index in [1.54, 1.807) is 0 Å². The third kappa shape index (κ3) is 49.2. The number of carboxylic acid groups (broad SMARTS) is 1. The van der Waals surface area contributed by atoms with E-state index in [-0.39, 0.29) is 36.2 Å². The number of rotatable bonds is 50. The second-order valence-corrected chi connectivity index (χ2v) is 19.8. The molecule has 0 aliphatic heterocycles. The van der Waals surface area contributed by atoms with Crippen LogP contribution in [0, 0.1) is 0 Å². The number of carboxylic acids is 1. The number of hydrogen-bond acceptors (Lipinski definition) is 6. The van der Waals surface area contributed by atoms with Crippen LogP contribution in [0.15, 0.2) is 97.2 Å². The minimum atomic E-state index is -0.878. The molecule has 0 aromatic rings. The molecule has 0 saturated heterocycles. The molecule has 0 aliphatic carbocycles. The Kier molecular flexibility index (Phi) is 48.8. The molecule has 0 heterocycles. The Bertz CT molecular complexity index is 1460. The minimum Gasteiger partial charge on any atom is -0.477 e. The lowest BCUT2D eigenvalue weighted by Gasteiger charge is -2.31. The molecule has 0 spiro atoms. The summed E-state index contributed by atoms with van der Waals surface area (Å²) in [5.74, 6) is -1.48. The molecule has 400 valence electrons. The first-order valence-electron chi connectivity index (χ1n) is 28.3. The Hall–Kier alpha value is -3.75. The first-order chi connectivity index (χ1) is 34.1. The average Bonchev–Trinajstić information content (AvgIpc) is 3.33. The Morgan fingerprint density at radius 2 is 0.757 bits per heavy atom. The summed E-state index contributed by atoms with van der Waals surface area (Å²) in [4.78, 5) is 37.3. The molecule has 0 aliphatic rings. The van der Waals surface area contributed by atoms with Crippen LogP contribution >= 0.6 is 0 Å². The Morgan fingerprint density at radius 1 is 0.429 bits per heavy atom. The van der Waals surface area contributed by atoms with Crippen molar-refractivity contribution < 1.29 is 38.2 Å². The lowest BCUT2D eigenvalue weighted by Crippen LogP contribution is -2.50. The second-order valence-electron chi connectivity index (χ2n) is 19.8. The highest BCUT2D eigenvalue weighted by Gasteiger charge is 2.31. The fourth-order valence-electron chi connectivity index (χ4n) is 7.96. The predicted molar refractivity (Wildman–Crippen MR) is 298 cm³/mol. The highest BCUT2D eigenvalue weighted by atomic mass is 16.6. The second kappa shape index (κ2) is 51.6. The van der Waals surface area contributed by atoms with E-state index in [1.807, 2.05) is 21.1 Å². The molecule has 0 aromatic heterocycles. The molecule has 0 saturated carbocycles. The van der Waals surface area contributed by atoms with Gasteiger partial charge in [0.2, 0.25) is 0 Å². The molecule has 2 unspecified atom stereocenters. The van der Waals surface area contributed by atoms with E-state index in [9.17, 15) is 19.5 Å². The number of ether oxygens (including phenoxy) is 3. The van der Waals surface area contributed by atoms with E-state index < -0.39 is 18.1 Å². The summed E-state index contributed by atoms with van der Waals surface area (Å²) >= 11 is 0. The summed E-state index contributed by atoms with van der Waals surface area (Å²) in [7, 11) is 5.53. The molecule has 0 amide bonds. The molecule has 2 atom stereocenters. The molecule has 8 heteroatoms. The normalized spacial score (nSPS) is 13.6. The number of aliphatic carboxylic acids is 1. The van der Waals surface area contributed by atoms with Crippen LogP contribution in [0.3, 0.4) is 0 Å². The van der Waals surface area contributed by atoms with Gasteiger partial charge < -0.3 is 23.8 Å². The number of unbranched alkanes of at least 4 members (excludes halogenated alkanes) is 20. The number of carbonyl (C=O) groups is 3. The fourth-order valence-corrected chi connectivity index (χ4v) is 7.96. The van der Waals surface area contributed by atoms with E-state index in [1.165, 1.54) is 103 Å². The van der Waals surface area contributed by atoms with Gasteiger partial charge in [-0.1, -0.05) is 214 Å². The number of hydrogen-bond donors (Lipinski definition) is 1. The van der Waals surface area contributed by atoms with E-state index in [0.717, 1.165) is 89.9 Å². The minimum absolute atomic E-state index is 0.0538. The van der Waals surface area contributed by atoms with E-state index >= 15 is 0 Å². The van der Waals surface area contributed by atoms with Gasteiger partial charge in [0.1, 0.15) is 6.61 Å². The van der Waals surface area contributed by atoms with Crippen molar-refractivity contribution in [3.8, 4) is 0 Å². The zero-order chi connectivity index (χ0) is 51.3. The molecule has 0 fully saturated rings. The van der Waals surface area contributed by atoms with Crippen LogP contribution in [0.1, 0.15) is 226 Å². The maximum atomic E-state index is 12.8. The van der Waals surface area contributed by atoms with Crippen LogP contribution in [-0.2, 0) is 28.6 Å². The summed E-state index contributed by atoms with van der Waals surface area (Å²) in [6, 6.07) is -0.622. The molecule has 0 radical (unpaired) electrons. The Morgan fingerprint density at radius 3 is 1.11 bits per heavy atom. The summed E-state index contributed by atoms with van der Waals surface area (Å²) in [5, 5.41) is 9.68. The van der Waals surface area contributed by atoms with Gasteiger partial charge in [-0.15, -0.1) is 0 Å². The number of carbonyl (C=O) groups excluding carboxylic acids is 2. The molecule has 0 bridgehead atoms. The number of nitrogens with zero attached hydrogens (tertiary/aromatic N) is 1. The predicted octanol–water partition coefficient (Wildman–Crippen LogP) is 17.0. The maximum Gasteiger partial charge on any atom is 0.362 e. The highest BCUT2D eigenvalue weighted by molar-refractivity contribution is 5.72. The number of esters is 2. The molecule has 1 N–H and O–H groups in total. The van der Waals surface area contributed by atoms with Crippen molar-refractivity contribution >= 4 is 17.9 Å². The molecular weight excluding hydrogens is 871 g/mol. The van der Waals surface area contributed by atoms with Gasteiger partial charge in [-0.3, -0.25) is 9.59 Å². The van der Waals surface area contributed by atoms with Crippen LogP contribution in [0.2, 0.25) is 0 Å². The van der Waals surface area contributed by atoms with Crippen molar-refractivity contribution in [2.24, 2.45) is 0 Å². The topological polar surface area (TPSA) is 99.1 Å². The average molecular weight is 978 g/mol. The van der Waals surface area contributed by atoms with Crippen LogP contribution in [0.5, 0.6) is 0 Å². The number of allylic oxidation sites excluding steroid dienone is 16. The van der Waals surface area contributed by atoms with Crippen LogP contribution in [0.4, 0.5) is 0 Å². The van der Waals surface area contributed by atoms with Crippen molar-refractivity contribution in [2.75, 3.05) is 41.0 Å². The highest BCUT2D eigenvalue weighted by Crippen LogP contribution is 2.16. The van der Waals surface area contributed by atoms with Crippen molar-refractivity contribution in [1.82, 2.24) is 0 Å². The summed E-state index contributed by atoms with van der Waals surface area (Å²) < 4.78 is 17.4. The maximum absolute atomic E-state index is 12.8. The SMILES string of the molecule is CC/C=C/C/C=C/C/C=C/C/C=C/CCCCCCCCCCCCC(=O)OCC(COCCC(C(=O)O)[N+](C)(C)C)OC(=O)CCCCCCCCCCCC/C=C/C/C=C/C/C=C/C/C=C/CC. The monoisotopic (exact) mass is 977 g/mol. The number of quaternary nitrogens is 1. The van der Waals surface area contributed by atoms with Gasteiger partial charge in [0.05, 0.1) is 34.4 Å². The first kappa shape index (κ1) is 66.2. The van der Waals surface area contributed by atoms with Gasteiger partial charge in [-0.25, -0.2) is 4.79 Å². The Labute approximate surface area is 430 Å². The lowest BCUT2D eigenvalue weighted by atomic mass is 10.0. The van der Waals surface area contributed by atoms with Gasteiger partial charge in [0, 0.05) is 19.3 Å². The fraction of sp³-hybridized carbons (Fsp3) is 0.694. The van der Waals surface area contributed by atoms with Crippen molar-refractivity contribution in [1.29, 1.82) is 0 Å². The van der Waals surface area contributed by atoms with Crippen molar-refractivity contribution in [3.63, 3.8) is 0 Å². The largest absolute Gasteiger partial charge is 0.477 e. The third-order valence-corrected chi connectivity index (χ3v) is 12.2. The zero-order valence-corrected chi connectivity index (χ0v) is 45.7. The van der Waals surface area contributed by atoms with E-state index in [0.29, 0.717) is 19.3 Å². The third-order valence-electron chi connectivity index (χ3n) is 12.2. The van der Waals surface area contributed by atoms with Crippen molar-refractivity contribution in [3.05, 3.63) is 97.2 Å². The standard InChI is InChI=1S/C62H105NO7/c1-6-8-10-12-14-16-18-20-22-24-26-28-30-32-34-36-38-40-42-44-46-48-50-52-60(64)69-57-58(56-68-55-54-59(62(66)67)63(3,4)5)70-61(65)53-51-49-47-45-43-41-39-37-35-33-31-29-27-25-23-21-19-17-15-13-11-9-7-2/h8-11,14-17,20-23,26-29,58-59H,6-7,12-13,18-19,24-25,30-57H2,1-5H3/p+1/b10-8+,11-9+,16-14+,17-15+,22-20+,23-21+,28-26+,29-27+. The summed E-state index contributed by atoms with van der Waals surface area (Å²) in [5.41, 5.74) is 0. The lowest BCUT2D eigenvalue weighted by molar-refractivity contribution is -0.887. The van der Waals surface area contributed by atoms with Crippen LogP contribution in [0.25, 0.3) is 0 Å². The molecular formula is C62H106NO7+. The van der Waals surface area contributed by atoms with Crippen LogP contribution < -0.4 is 0 Å². The zero-order valence-electron chi connectivity index (χ0n) is 45.7. The van der Waals surface area contributed by atoms with Gasteiger partial charge >= 0.3 is 17.9 Å². The van der Waals surface area contributed by atoms with Gasteiger partial charge in [0.25, 0.3) is 0 Å². The van der Waals surface area contributed by atoms with E-state index in [2.05, 4.69) is 111 Å². The van der Waals surface area contributed by atoms with Crippen molar-refractivity contribution in [2.45, 2.75) is 238 Å². The first-order valence-corrected chi connectivity index (χ1v) is 28.3. The summed E-state index contributed by atoms with van der Waals surface area (Å²) in [6.07, 6.45) is 70.3. The number of likely N-dealkylation sites (N-methyl/N-ethyl adjacent to an activating group) is 1. The smallest absolute Gasteiger partial charge is 0.362 e. The molecule has 70 heavy (non-hydrogen) atoms. The van der Waals surface area contributed by atoms with Gasteiger partial charge in [0.15, 0.2) is 12.1 Å². The van der Waals surface area contributed by atoms with Gasteiger partial charge in [-0.05, 0) is 89.9 Å². The quantitative estimate of drug-likeness (QED) is 0.0281. The molecule has 0 aromatic carbocycles.